The first-order valence-electron chi connectivity index (χ1n) is 5.52. The lowest BCUT2D eigenvalue weighted by molar-refractivity contribution is -0.496. The Bertz CT molecular complexity index is 155. The van der Waals surface area contributed by atoms with E-state index in [0.29, 0.717) is 0 Å². The highest BCUT2D eigenvalue weighted by atomic mass is 15.0. The molecule has 0 saturated carbocycles. The van der Waals surface area contributed by atoms with Crippen molar-refractivity contribution in [1.29, 1.82) is 0 Å². The van der Waals surface area contributed by atoms with Crippen molar-refractivity contribution < 1.29 is 4.58 Å². The van der Waals surface area contributed by atoms with E-state index in [2.05, 4.69) is 30.7 Å². The topological polar surface area (TPSA) is 3.01 Å². The Hall–Kier alpha value is -0.590. The van der Waals surface area contributed by atoms with Crippen molar-refractivity contribution in [3.63, 3.8) is 0 Å². The van der Waals surface area contributed by atoms with Gasteiger partial charge in [0.05, 0.1) is 0 Å². The molecule has 0 fully saturated rings. The van der Waals surface area contributed by atoms with Gasteiger partial charge in [0.1, 0.15) is 13.6 Å². The second-order valence-corrected chi connectivity index (χ2v) is 2.61. The molecule has 0 aromatic carbocycles. The van der Waals surface area contributed by atoms with Gasteiger partial charge < -0.3 is 0 Å². The van der Waals surface area contributed by atoms with Crippen molar-refractivity contribution in [2.45, 2.75) is 47.5 Å². The molecule has 0 amide bonds. The Kier molecular flexibility index (Phi) is 13.1. The van der Waals surface area contributed by atoms with Gasteiger partial charge in [0.25, 0.3) is 0 Å². The van der Waals surface area contributed by atoms with Crippen LogP contribution in [0.3, 0.4) is 0 Å². The Morgan fingerprint density at radius 2 is 1.69 bits per heavy atom. The summed E-state index contributed by atoms with van der Waals surface area (Å²) < 4.78 is 2.30. The monoisotopic (exact) mass is 184 g/mol. The summed E-state index contributed by atoms with van der Waals surface area (Å²) in [5, 5.41) is 0. The summed E-state index contributed by atoms with van der Waals surface area (Å²) in [4.78, 5) is 0. The molecule has 0 saturated heterocycles. The van der Waals surface area contributed by atoms with Gasteiger partial charge in [-0.05, 0) is 6.42 Å². The lowest BCUT2D eigenvalue weighted by atomic mass is 10.3. The molecule has 1 heteroatoms. The van der Waals surface area contributed by atoms with Gasteiger partial charge in [-0.25, -0.2) is 4.58 Å². The zero-order valence-electron chi connectivity index (χ0n) is 10.2. The minimum atomic E-state index is 1.21. The highest BCUT2D eigenvalue weighted by Gasteiger charge is 2.02. The molecular weight excluding hydrogens is 158 g/mol. The number of rotatable bonds is 0. The Labute approximate surface area is 84.2 Å². The summed E-state index contributed by atoms with van der Waals surface area (Å²) >= 11 is 0. The Morgan fingerprint density at radius 1 is 1.15 bits per heavy atom. The molecule has 0 aromatic heterocycles. The molecule has 0 unspecified atom stereocenters. The van der Waals surface area contributed by atoms with Crippen molar-refractivity contribution in [3.05, 3.63) is 12.2 Å². The molecule has 1 heterocycles. The quantitative estimate of drug-likeness (QED) is 0.507. The molecule has 0 aliphatic carbocycles. The van der Waals surface area contributed by atoms with E-state index in [9.17, 15) is 0 Å². The van der Waals surface area contributed by atoms with Crippen molar-refractivity contribution >= 4 is 5.71 Å². The second-order valence-electron chi connectivity index (χ2n) is 2.61. The van der Waals surface area contributed by atoms with Crippen molar-refractivity contribution in [2.75, 3.05) is 13.6 Å². The fraction of sp³-hybridized carbons (Fsp3) is 0.750. The van der Waals surface area contributed by atoms with E-state index in [1.54, 1.807) is 0 Å². The number of hydrogen-bond acceptors (Lipinski definition) is 0. The number of allylic oxidation sites excluding steroid dienone is 2. The van der Waals surface area contributed by atoms with Crippen LogP contribution in [0.25, 0.3) is 0 Å². The molecule has 0 radical (unpaired) electrons. The Balaban J connectivity index is 0. The third-order valence-corrected chi connectivity index (χ3v) is 1.83. The van der Waals surface area contributed by atoms with Gasteiger partial charge >= 0.3 is 0 Å². The molecule has 0 atom stereocenters. The lowest BCUT2D eigenvalue weighted by Gasteiger charge is -1.93. The molecule has 0 spiro atoms. The minimum absolute atomic E-state index is 1.21. The SMILES string of the molecule is CC.CC.CC1=[N+](C)CCCC=C1. The second kappa shape index (κ2) is 11.4. The summed E-state index contributed by atoms with van der Waals surface area (Å²) in [6, 6.07) is 0. The Morgan fingerprint density at radius 3 is 2.23 bits per heavy atom. The molecule has 0 bridgehead atoms. The first kappa shape index (κ1) is 14.9. The van der Waals surface area contributed by atoms with Crippen molar-refractivity contribution in [3.8, 4) is 0 Å². The summed E-state index contributed by atoms with van der Waals surface area (Å²) in [6.07, 6.45) is 6.98. The van der Waals surface area contributed by atoms with Gasteiger partial charge in [0, 0.05) is 19.4 Å². The van der Waals surface area contributed by atoms with Crippen molar-refractivity contribution in [2.24, 2.45) is 0 Å². The zero-order valence-corrected chi connectivity index (χ0v) is 10.2. The van der Waals surface area contributed by atoms with E-state index >= 15 is 0 Å². The van der Waals surface area contributed by atoms with Gasteiger partial charge in [-0.15, -0.1) is 0 Å². The van der Waals surface area contributed by atoms with Crippen LogP contribution in [-0.2, 0) is 0 Å². The normalized spacial score (nSPS) is 14.9. The van der Waals surface area contributed by atoms with Gasteiger partial charge in [0.2, 0.25) is 0 Å². The minimum Gasteiger partial charge on any atom is -0.236 e. The van der Waals surface area contributed by atoms with Crippen LogP contribution in [0.15, 0.2) is 12.2 Å². The molecule has 0 aromatic rings. The van der Waals surface area contributed by atoms with E-state index in [0.717, 1.165) is 0 Å². The van der Waals surface area contributed by atoms with E-state index < -0.39 is 0 Å². The van der Waals surface area contributed by atoms with E-state index in [4.69, 9.17) is 0 Å². The summed E-state index contributed by atoms with van der Waals surface area (Å²) in [6.45, 7) is 11.4. The number of nitrogens with zero attached hydrogens (tertiary/aromatic N) is 1. The van der Waals surface area contributed by atoms with Gasteiger partial charge in [0.15, 0.2) is 5.71 Å². The molecule has 1 nitrogen and oxygen atoms in total. The van der Waals surface area contributed by atoms with Crippen LogP contribution in [0, 0.1) is 0 Å². The predicted molar refractivity (Wildman–Crippen MR) is 62.8 cm³/mol. The van der Waals surface area contributed by atoms with Crippen LogP contribution in [0.2, 0.25) is 0 Å². The summed E-state index contributed by atoms with van der Waals surface area (Å²) in [7, 11) is 2.14. The van der Waals surface area contributed by atoms with Crippen LogP contribution in [-0.4, -0.2) is 23.9 Å². The van der Waals surface area contributed by atoms with Gasteiger partial charge in [-0.2, -0.15) is 0 Å². The average molecular weight is 184 g/mol. The summed E-state index contributed by atoms with van der Waals surface area (Å²) in [5.41, 5.74) is 1.38. The maximum atomic E-state index is 2.30. The smallest absolute Gasteiger partial charge is 0.172 e. The summed E-state index contributed by atoms with van der Waals surface area (Å²) in [5.74, 6) is 0. The van der Waals surface area contributed by atoms with Crippen LogP contribution >= 0.6 is 0 Å². The van der Waals surface area contributed by atoms with Gasteiger partial charge in [-0.3, -0.25) is 0 Å². The van der Waals surface area contributed by atoms with Crippen LogP contribution in [0.5, 0.6) is 0 Å². The van der Waals surface area contributed by atoms with Crippen molar-refractivity contribution in [1.82, 2.24) is 0 Å². The first-order chi connectivity index (χ1) is 6.30. The van der Waals surface area contributed by atoms with E-state index in [-0.39, 0.29) is 0 Å². The predicted octanol–water partition coefficient (Wildman–Crippen LogP) is 3.49. The maximum absolute atomic E-state index is 2.30. The van der Waals surface area contributed by atoms with E-state index in [1.165, 1.54) is 25.1 Å². The van der Waals surface area contributed by atoms with E-state index in [1.807, 2.05) is 27.7 Å². The molecule has 78 valence electrons. The average Bonchev–Trinajstić information content (AvgIpc) is 2.39. The van der Waals surface area contributed by atoms with Gasteiger partial charge in [-0.1, -0.05) is 33.8 Å². The van der Waals surface area contributed by atoms with Crippen LogP contribution in [0.1, 0.15) is 47.5 Å². The first-order valence-corrected chi connectivity index (χ1v) is 5.52. The lowest BCUT2D eigenvalue weighted by Crippen LogP contribution is -2.12. The third kappa shape index (κ3) is 7.76. The standard InChI is InChI=1S/C8H14N.2C2H6/c1-8-6-4-3-5-7-9(8)2;2*1-2/h4,6H,3,5,7H2,1-2H3;2*1-2H3/q+1;;. The van der Waals surface area contributed by atoms with Crippen LogP contribution < -0.4 is 0 Å². The fourth-order valence-corrected chi connectivity index (χ4v) is 1.00. The fourth-order valence-electron chi connectivity index (χ4n) is 1.00. The highest BCUT2D eigenvalue weighted by molar-refractivity contribution is 5.88. The zero-order chi connectivity index (χ0) is 10.7. The third-order valence-electron chi connectivity index (χ3n) is 1.83. The molecule has 1 aliphatic heterocycles. The largest absolute Gasteiger partial charge is 0.236 e. The molecule has 0 N–H and O–H groups in total. The maximum Gasteiger partial charge on any atom is 0.172 e. The van der Waals surface area contributed by atoms with Crippen LogP contribution in [0.4, 0.5) is 0 Å². The molecule has 1 aliphatic rings. The number of hydrogen-bond donors (Lipinski definition) is 0. The molecule has 13 heavy (non-hydrogen) atoms. The highest BCUT2D eigenvalue weighted by Crippen LogP contribution is 1.97. The molecule has 1 rings (SSSR count). The molecular formula is C12H26N+.